The number of nitrogens with zero attached hydrogens (tertiary/aromatic N) is 2. The van der Waals surface area contributed by atoms with Gasteiger partial charge < -0.3 is 21.1 Å². The number of carbonyl (C=O) groups is 2. The third kappa shape index (κ3) is 6.18. The second-order valence-electron chi connectivity index (χ2n) is 12.4. The van der Waals surface area contributed by atoms with Crippen LogP contribution in [0.1, 0.15) is 69.4 Å². The first-order chi connectivity index (χ1) is 20.7. The van der Waals surface area contributed by atoms with Gasteiger partial charge >= 0.3 is 5.97 Å². The van der Waals surface area contributed by atoms with Crippen molar-refractivity contribution >= 4 is 35.1 Å². The molecule has 0 bridgehead atoms. The molecule has 3 unspecified atom stereocenters. The van der Waals surface area contributed by atoms with Crippen LogP contribution in [0.25, 0.3) is 0 Å². The standard InChI is InChI=1S/C32H37Cl2F2N3O5/c1-17(18-7-4-3-5-8-18)29-32(15-37,21-12-11-19(33)13-23(21)35)26(20-9-6-10-22(34)27(20)36)28(30(42)43)39(29)16-31(2,44)24(40)14-25(38)41/h6,9-13,17-18,24,26,28-29,40,44H,3-5,7-8,14,16H2,1-2H3,(H2,38,41)(H,42,43)/t17?,24?,26-,28+,29-,31?,32+/m0/s1. The first-order valence-electron chi connectivity index (χ1n) is 14.6. The monoisotopic (exact) mass is 651 g/mol. The second kappa shape index (κ2) is 13.3. The minimum atomic E-state index is -2.12. The summed E-state index contributed by atoms with van der Waals surface area (Å²) in [5, 5.41) is 44.1. The number of benzene rings is 2. The first kappa shape index (κ1) is 34.1. The Bertz CT molecular complexity index is 1450. The maximum Gasteiger partial charge on any atom is 0.321 e. The lowest BCUT2D eigenvalue weighted by molar-refractivity contribution is -0.148. The molecule has 1 heterocycles. The number of β-amino-alcohol motifs (C(OH)–C–C–N with tert-alkyl or cyclic N) is 1. The number of amides is 1. The minimum Gasteiger partial charge on any atom is -0.480 e. The van der Waals surface area contributed by atoms with Crippen molar-refractivity contribution in [3.8, 4) is 6.07 Å². The predicted molar refractivity (Wildman–Crippen MR) is 161 cm³/mol. The molecule has 2 aromatic rings. The van der Waals surface area contributed by atoms with E-state index in [1.165, 1.54) is 42.2 Å². The molecule has 1 aliphatic heterocycles. The van der Waals surface area contributed by atoms with Gasteiger partial charge in [0.05, 0.1) is 23.6 Å². The molecule has 2 fully saturated rings. The van der Waals surface area contributed by atoms with Crippen LogP contribution in [0.2, 0.25) is 10.0 Å². The number of nitriles is 1. The number of hydrogen-bond donors (Lipinski definition) is 4. The lowest BCUT2D eigenvalue weighted by Crippen LogP contribution is -2.58. The molecule has 1 saturated heterocycles. The molecule has 0 radical (unpaired) electrons. The molecule has 1 amide bonds. The highest BCUT2D eigenvalue weighted by Gasteiger charge is 2.67. The Labute approximate surface area is 265 Å². The zero-order valence-corrected chi connectivity index (χ0v) is 26.0. The van der Waals surface area contributed by atoms with E-state index in [0.29, 0.717) is 0 Å². The third-order valence-corrected chi connectivity index (χ3v) is 10.2. The minimum absolute atomic E-state index is 0.0165. The molecule has 238 valence electrons. The number of hydrogen-bond acceptors (Lipinski definition) is 6. The summed E-state index contributed by atoms with van der Waals surface area (Å²) in [6.07, 6.45) is 2.03. The van der Waals surface area contributed by atoms with Gasteiger partial charge in [-0.05, 0) is 42.5 Å². The highest BCUT2D eigenvalue weighted by Crippen LogP contribution is 2.58. The van der Waals surface area contributed by atoms with Crippen molar-refractivity contribution in [3.05, 3.63) is 69.2 Å². The number of halogens is 4. The van der Waals surface area contributed by atoms with E-state index in [2.05, 4.69) is 6.07 Å². The number of aliphatic hydroxyl groups excluding tert-OH is 1. The Kier molecular flexibility index (Phi) is 10.3. The summed E-state index contributed by atoms with van der Waals surface area (Å²) in [4.78, 5) is 26.3. The van der Waals surface area contributed by atoms with Crippen LogP contribution in [0.4, 0.5) is 8.78 Å². The number of likely N-dealkylation sites (tertiary alicyclic amines) is 1. The summed E-state index contributed by atoms with van der Waals surface area (Å²) in [5.74, 6) is -6.19. The van der Waals surface area contributed by atoms with E-state index in [1.807, 2.05) is 6.92 Å². The number of carbonyl (C=O) groups excluding carboxylic acids is 1. The average Bonchev–Trinajstić information content (AvgIpc) is 3.24. The molecule has 2 aliphatic rings. The molecule has 4 rings (SSSR count). The summed E-state index contributed by atoms with van der Waals surface area (Å²) >= 11 is 12.3. The Morgan fingerprint density at radius 3 is 2.43 bits per heavy atom. The summed E-state index contributed by atoms with van der Waals surface area (Å²) in [6.45, 7) is 2.53. The van der Waals surface area contributed by atoms with E-state index in [1.54, 1.807) is 0 Å². The molecular formula is C32H37Cl2F2N3O5. The van der Waals surface area contributed by atoms with Gasteiger partial charge in [-0.1, -0.05) is 80.4 Å². The van der Waals surface area contributed by atoms with Crippen molar-refractivity contribution in [1.29, 1.82) is 5.26 Å². The van der Waals surface area contributed by atoms with Gasteiger partial charge in [0.25, 0.3) is 0 Å². The number of nitrogens with two attached hydrogens (primary N) is 1. The van der Waals surface area contributed by atoms with Gasteiger partial charge in [0.1, 0.15) is 28.7 Å². The molecule has 2 aromatic carbocycles. The fourth-order valence-electron chi connectivity index (χ4n) is 7.58. The maximum atomic E-state index is 16.1. The largest absolute Gasteiger partial charge is 0.480 e. The fraction of sp³-hybridized carbons (Fsp3) is 0.531. The average molecular weight is 653 g/mol. The number of aliphatic hydroxyl groups is 2. The summed E-state index contributed by atoms with van der Waals surface area (Å²) in [7, 11) is 0. The highest BCUT2D eigenvalue weighted by atomic mass is 35.5. The molecule has 0 spiro atoms. The number of carboxylic acid groups (broad SMARTS) is 1. The van der Waals surface area contributed by atoms with Crippen molar-refractivity contribution in [1.82, 2.24) is 4.90 Å². The van der Waals surface area contributed by atoms with Gasteiger partial charge in [0, 0.05) is 29.1 Å². The van der Waals surface area contributed by atoms with Crippen LogP contribution in [0.3, 0.4) is 0 Å². The van der Waals surface area contributed by atoms with Gasteiger partial charge in [-0.2, -0.15) is 5.26 Å². The zero-order chi connectivity index (χ0) is 32.6. The van der Waals surface area contributed by atoms with Gasteiger partial charge in [-0.25, -0.2) is 8.78 Å². The number of primary amides is 1. The molecule has 0 aromatic heterocycles. The quantitative estimate of drug-likeness (QED) is 0.277. The van der Waals surface area contributed by atoms with Crippen molar-refractivity contribution < 1.29 is 33.7 Å². The highest BCUT2D eigenvalue weighted by molar-refractivity contribution is 6.31. The molecule has 1 saturated carbocycles. The van der Waals surface area contributed by atoms with Gasteiger partial charge in [0.15, 0.2) is 0 Å². The van der Waals surface area contributed by atoms with Crippen molar-refractivity contribution in [2.45, 2.75) is 87.5 Å². The Morgan fingerprint density at radius 1 is 1.20 bits per heavy atom. The van der Waals surface area contributed by atoms with Crippen LogP contribution < -0.4 is 5.73 Å². The molecule has 1 aliphatic carbocycles. The summed E-state index contributed by atoms with van der Waals surface area (Å²) in [6, 6.07) is 7.23. The van der Waals surface area contributed by atoms with Gasteiger partial charge in [-0.15, -0.1) is 0 Å². The summed E-state index contributed by atoms with van der Waals surface area (Å²) in [5.41, 5.74) is 0.744. The zero-order valence-electron chi connectivity index (χ0n) is 24.5. The van der Waals surface area contributed by atoms with Crippen molar-refractivity contribution in [2.24, 2.45) is 17.6 Å². The smallest absolute Gasteiger partial charge is 0.321 e. The second-order valence-corrected chi connectivity index (χ2v) is 13.3. The van der Waals surface area contributed by atoms with Crippen LogP contribution in [0.5, 0.6) is 0 Å². The molecule has 8 nitrogen and oxygen atoms in total. The van der Waals surface area contributed by atoms with Crippen LogP contribution in [0.15, 0.2) is 36.4 Å². The Morgan fingerprint density at radius 2 is 1.86 bits per heavy atom. The molecule has 44 heavy (non-hydrogen) atoms. The SMILES string of the molecule is CC(C1CCCCC1)[C@@H]1N(CC(C)(O)C(O)CC(N)=O)[C@@H](C(=O)O)[C@H](c2cccc(Cl)c2F)[C@@]1(C#N)c1ccc(Cl)cc1F. The molecule has 5 N–H and O–H groups in total. The van der Waals surface area contributed by atoms with E-state index in [4.69, 9.17) is 28.9 Å². The number of aliphatic carboxylic acids is 1. The van der Waals surface area contributed by atoms with E-state index < -0.39 is 77.5 Å². The topological polar surface area (TPSA) is 148 Å². The van der Waals surface area contributed by atoms with Gasteiger partial charge in [0.2, 0.25) is 5.91 Å². The summed E-state index contributed by atoms with van der Waals surface area (Å²) < 4.78 is 32.0. The Hall–Kier alpha value is -2.81. The van der Waals surface area contributed by atoms with Crippen LogP contribution in [-0.2, 0) is 15.0 Å². The lowest BCUT2D eigenvalue weighted by atomic mass is 9.60. The lowest BCUT2D eigenvalue weighted by Gasteiger charge is -2.45. The molecule has 7 atom stereocenters. The first-order valence-corrected chi connectivity index (χ1v) is 15.4. The number of rotatable bonds is 10. The van der Waals surface area contributed by atoms with E-state index in [0.717, 1.165) is 38.2 Å². The van der Waals surface area contributed by atoms with E-state index in [9.17, 15) is 30.2 Å². The maximum absolute atomic E-state index is 16.1. The van der Waals surface area contributed by atoms with E-state index >= 15 is 8.78 Å². The Balaban J connectivity index is 2.08. The van der Waals surface area contributed by atoms with E-state index in [-0.39, 0.29) is 27.1 Å². The van der Waals surface area contributed by atoms with Crippen molar-refractivity contribution in [2.75, 3.05) is 6.54 Å². The van der Waals surface area contributed by atoms with Crippen molar-refractivity contribution in [3.63, 3.8) is 0 Å². The van der Waals surface area contributed by atoms with Gasteiger partial charge in [-0.3, -0.25) is 14.5 Å². The van der Waals surface area contributed by atoms with Crippen LogP contribution in [0, 0.1) is 34.8 Å². The molecule has 12 heteroatoms. The molecular weight excluding hydrogens is 615 g/mol. The number of carboxylic acids is 1. The van der Waals surface area contributed by atoms with Crippen LogP contribution in [-0.4, -0.2) is 62.4 Å². The normalized spacial score (nSPS) is 27.3. The fourth-order valence-corrected chi connectivity index (χ4v) is 7.92. The third-order valence-electron chi connectivity index (χ3n) is 9.63. The predicted octanol–water partition coefficient (Wildman–Crippen LogP) is 5.16. The van der Waals surface area contributed by atoms with Crippen LogP contribution >= 0.6 is 23.2 Å².